The van der Waals surface area contributed by atoms with Crippen LogP contribution in [0.25, 0.3) is 0 Å². The van der Waals surface area contributed by atoms with E-state index in [9.17, 15) is 22.4 Å². The summed E-state index contributed by atoms with van der Waals surface area (Å²) in [4.78, 5) is 27.9. The molecule has 2 atom stereocenters. The molecule has 11 heteroatoms. The number of hydrogen-bond donors (Lipinski definition) is 1. The number of amides is 2. The first kappa shape index (κ1) is 29.1. The molecule has 0 unspecified atom stereocenters. The van der Waals surface area contributed by atoms with Crippen molar-refractivity contribution in [2.75, 3.05) is 32.1 Å². The number of nitrogens with zero attached hydrogens (tertiary/aromatic N) is 3. The summed E-state index contributed by atoms with van der Waals surface area (Å²) in [7, 11) is 0.0947. The van der Waals surface area contributed by atoms with Crippen molar-refractivity contribution < 1.29 is 27.1 Å². The molecule has 0 bridgehead atoms. The summed E-state index contributed by atoms with van der Waals surface area (Å²) >= 11 is 0. The largest absolute Gasteiger partial charge is 0.497 e. The van der Waals surface area contributed by atoms with Gasteiger partial charge in [0.15, 0.2) is 0 Å². The van der Waals surface area contributed by atoms with Crippen LogP contribution < -0.4 is 14.4 Å². The number of nitrogens with one attached hydrogen (secondary N) is 1. The predicted octanol–water partition coefficient (Wildman–Crippen LogP) is 2.78. The van der Waals surface area contributed by atoms with E-state index in [1.807, 2.05) is 13.8 Å². The molecule has 0 heterocycles. The Hall–Kier alpha value is -3.18. The molecule has 198 valence electrons. The third-order valence-corrected chi connectivity index (χ3v) is 7.61. The maximum Gasteiger partial charge on any atom is 0.304 e. The third kappa shape index (κ3) is 7.41. The minimum Gasteiger partial charge on any atom is -0.497 e. The number of carbonyl (C=O) groups excluding carboxylic acids is 2. The molecule has 2 rings (SSSR count). The van der Waals surface area contributed by atoms with Gasteiger partial charge in [0.25, 0.3) is 0 Å². The molecule has 9 nitrogen and oxygen atoms in total. The van der Waals surface area contributed by atoms with Gasteiger partial charge in [-0.2, -0.15) is 12.7 Å². The van der Waals surface area contributed by atoms with Crippen molar-refractivity contribution in [2.24, 2.45) is 0 Å². The monoisotopic (exact) mass is 522 g/mol. The van der Waals surface area contributed by atoms with Crippen LogP contribution in [0.2, 0.25) is 0 Å². The van der Waals surface area contributed by atoms with E-state index in [0.29, 0.717) is 17.7 Å². The van der Waals surface area contributed by atoms with E-state index in [0.717, 1.165) is 20.7 Å². The molecule has 0 radical (unpaired) electrons. The first-order valence-corrected chi connectivity index (χ1v) is 13.0. The fraction of sp³-hybridized carbons (Fsp3) is 0.440. The van der Waals surface area contributed by atoms with Crippen LogP contribution in [0.3, 0.4) is 0 Å². The maximum atomic E-state index is 13.6. The van der Waals surface area contributed by atoms with Crippen LogP contribution in [0.4, 0.5) is 10.1 Å². The molecule has 0 aliphatic rings. The number of methoxy groups -OCH3 is 1. The SMILES string of the molecule is CC[C@@H](C)NC(=O)[C@H](C)N(Cc1cccc(OC)c1)C(=O)CN(c1ccc(F)cc1)S(=O)(=O)N(C)C. The smallest absolute Gasteiger partial charge is 0.304 e. The predicted molar refractivity (Wildman–Crippen MR) is 137 cm³/mol. The highest BCUT2D eigenvalue weighted by Gasteiger charge is 2.33. The Bertz CT molecular complexity index is 1140. The second kappa shape index (κ2) is 12.7. The van der Waals surface area contributed by atoms with Gasteiger partial charge in [-0.3, -0.25) is 9.59 Å². The van der Waals surface area contributed by atoms with Crippen LogP contribution in [0.15, 0.2) is 48.5 Å². The maximum absolute atomic E-state index is 13.6. The van der Waals surface area contributed by atoms with Gasteiger partial charge in [-0.05, 0) is 62.2 Å². The highest BCUT2D eigenvalue weighted by molar-refractivity contribution is 7.90. The number of hydrogen-bond acceptors (Lipinski definition) is 5. The van der Waals surface area contributed by atoms with Crippen LogP contribution in [-0.2, 0) is 26.3 Å². The lowest BCUT2D eigenvalue weighted by molar-refractivity contribution is -0.139. The van der Waals surface area contributed by atoms with E-state index in [1.54, 1.807) is 31.2 Å². The minimum atomic E-state index is -4.11. The molecule has 36 heavy (non-hydrogen) atoms. The number of ether oxygens (including phenoxy) is 1. The summed E-state index contributed by atoms with van der Waals surface area (Å²) in [6.07, 6.45) is 0.710. The van der Waals surface area contributed by atoms with Gasteiger partial charge in [0.05, 0.1) is 12.8 Å². The Balaban J connectivity index is 2.46. The quantitative estimate of drug-likeness (QED) is 0.462. The van der Waals surface area contributed by atoms with Crippen molar-refractivity contribution in [1.29, 1.82) is 0 Å². The number of rotatable bonds is 12. The summed E-state index contributed by atoms with van der Waals surface area (Å²) in [5.41, 5.74) is 0.825. The molecular weight excluding hydrogens is 487 g/mol. The Morgan fingerprint density at radius 1 is 1.08 bits per heavy atom. The lowest BCUT2D eigenvalue weighted by atomic mass is 10.1. The van der Waals surface area contributed by atoms with Crippen LogP contribution in [0.1, 0.15) is 32.8 Å². The van der Waals surface area contributed by atoms with Crippen LogP contribution >= 0.6 is 0 Å². The Morgan fingerprint density at radius 3 is 2.28 bits per heavy atom. The van der Waals surface area contributed by atoms with Crippen LogP contribution in [0, 0.1) is 5.82 Å². The normalized spacial score (nSPS) is 13.1. The standard InChI is InChI=1S/C25H35FN4O5S/c1-7-18(2)27-25(32)19(3)29(16-20-9-8-10-23(15-20)35-6)24(31)17-30(36(33,34)28(4)5)22-13-11-21(26)12-14-22/h8-15,18-19H,7,16-17H2,1-6H3,(H,27,32)/t18-,19+/m1/s1. The topological polar surface area (TPSA) is 99.3 Å². The van der Waals surface area contributed by atoms with E-state index in [-0.39, 0.29) is 24.2 Å². The first-order valence-electron chi connectivity index (χ1n) is 11.6. The molecule has 0 aliphatic heterocycles. The van der Waals surface area contributed by atoms with Gasteiger partial charge in [0.1, 0.15) is 24.2 Å². The summed E-state index contributed by atoms with van der Waals surface area (Å²) in [5, 5.41) is 2.87. The van der Waals surface area contributed by atoms with Crippen molar-refractivity contribution in [3.05, 3.63) is 59.9 Å². The minimum absolute atomic E-state index is 0.0460. The molecule has 1 N–H and O–H groups in total. The molecule has 2 aromatic carbocycles. The van der Waals surface area contributed by atoms with E-state index < -0.39 is 34.5 Å². The number of carbonyl (C=O) groups is 2. The van der Waals surface area contributed by atoms with Gasteiger partial charge in [-0.15, -0.1) is 0 Å². The Morgan fingerprint density at radius 2 is 1.72 bits per heavy atom. The number of benzene rings is 2. The van der Waals surface area contributed by atoms with Crippen LogP contribution in [-0.4, -0.2) is 69.3 Å². The van der Waals surface area contributed by atoms with Gasteiger partial charge >= 0.3 is 10.2 Å². The number of halogens is 1. The van der Waals surface area contributed by atoms with Crippen molar-refractivity contribution >= 4 is 27.7 Å². The summed E-state index contributed by atoms with van der Waals surface area (Å²) < 4.78 is 46.8. The summed E-state index contributed by atoms with van der Waals surface area (Å²) in [5.74, 6) is -0.911. The van der Waals surface area contributed by atoms with E-state index >= 15 is 0 Å². The molecule has 0 aliphatic carbocycles. The average molecular weight is 523 g/mol. The second-order valence-corrected chi connectivity index (χ2v) is 10.7. The molecular formula is C25H35FN4O5S. The van der Waals surface area contributed by atoms with Gasteiger partial charge in [0.2, 0.25) is 11.8 Å². The van der Waals surface area contributed by atoms with E-state index in [4.69, 9.17) is 4.74 Å². The summed E-state index contributed by atoms with van der Waals surface area (Å²) in [6.45, 7) is 4.85. The fourth-order valence-corrected chi connectivity index (χ4v) is 4.40. The van der Waals surface area contributed by atoms with E-state index in [1.165, 1.54) is 38.2 Å². The zero-order valence-corrected chi connectivity index (χ0v) is 22.4. The van der Waals surface area contributed by atoms with E-state index in [2.05, 4.69) is 5.32 Å². The first-order chi connectivity index (χ1) is 16.9. The number of anilines is 1. The van der Waals surface area contributed by atoms with Gasteiger partial charge in [-0.1, -0.05) is 19.1 Å². The van der Waals surface area contributed by atoms with Crippen molar-refractivity contribution in [1.82, 2.24) is 14.5 Å². The highest BCUT2D eigenvalue weighted by atomic mass is 32.2. The lowest BCUT2D eigenvalue weighted by Crippen LogP contribution is -2.53. The Kier molecular flexibility index (Phi) is 10.2. The van der Waals surface area contributed by atoms with Crippen molar-refractivity contribution in [3.8, 4) is 5.75 Å². The van der Waals surface area contributed by atoms with Crippen LogP contribution in [0.5, 0.6) is 5.75 Å². The third-order valence-electron chi connectivity index (χ3n) is 5.79. The molecule has 0 saturated carbocycles. The molecule has 0 fully saturated rings. The zero-order valence-electron chi connectivity index (χ0n) is 21.6. The average Bonchev–Trinajstić information content (AvgIpc) is 2.85. The molecule has 0 aromatic heterocycles. The second-order valence-electron chi connectivity index (χ2n) is 8.64. The van der Waals surface area contributed by atoms with Crippen molar-refractivity contribution in [2.45, 2.75) is 45.8 Å². The van der Waals surface area contributed by atoms with Gasteiger partial charge in [0, 0.05) is 26.7 Å². The molecule has 2 amide bonds. The van der Waals surface area contributed by atoms with Crippen molar-refractivity contribution in [3.63, 3.8) is 0 Å². The van der Waals surface area contributed by atoms with Gasteiger partial charge in [-0.25, -0.2) is 8.70 Å². The zero-order chi connectivity index (χ0) is 27.0. The fourth-order valence-electron chi connectivity index (χ4n) is 3.34. The molecule has 0 spiro atoms. The Labute approximate surface area is 213 Å². The lowest BCUT2D eigenvalue weighted by Gasteiger charge is -2.33. The van der Waals surface area contributed by atoms with Gasteiger partial charge < -0.3 is 15.0 Å². The molecule has 0 saturated heterocycles. The highest BCUT2D eigenvalue weighted by Crippen LogP contribution is 2.22. The molecule has 2 aromatic rings. The summed E-state index contributed by atoms with van der Waals surface area (Å²) in [6, 6.07) is 10.9.